The van der Waals surface area contributed by atoms with Crippen molar-refractivity contribution in [3.63, 3.8) is 0 Å². The Kier molecular flexibility index (Phi) is 4.76. The maximum Gasteiger partial charge on any atom is 0.257 e. The highest BCUT2D eigenvalue weighted by molar-refractivity contribution is 5.94. The molecule has 6 heteroatoms. The Morgan fingerprint density at radius 3 is 2.82 bits per heavy atom. The van der Waals surface area contributed by atoms with Gasteiger partial charge >= 0.3 is 0 Å². The van der Waals surface area contributed by atoms with E-state index >= 15 is 0 Å². The van der Waals surface area contributed by atoms with E-state index in [2.05, 4.69) is 10.1 Å². The number of nitrogens with zero attached hydrogens (tertiary/aromatic N) is 4. The lowest BCUT2D eigenvalue weighted by molar-refractivity contribution is 0.0785. The van der Waals surface area contributed by atoms with E-state index in [0.717, 1.165) is 22.0 Å². The topological polar surface area (TPSA) is 60.2 Å². The number of para-hydroxylation sites is 2. The van der Waals surface area contributed by atoms with Crippen LogP contribution in [0.25, 0.3) is 16.5 Å². The molecule has 140 valence electrons. The Morgan fingerprint density at radius 1 is 1.11 bits per heavy atom. The van der Waals surface area contributed by atoms with Gasteiger partial charge in [-0.1, -0.05) is 30.3 Å². The number of methoxy groups -OCH3 is 1. The summed E-state index contributed by atoms with van der Waals surface area (Å²) < 4.78 is 7.03. The summed E-state index contributed by atoms with van der Waals surface area (Å²) in [6, 6.07) is 15.6. The minimum absolute atomic E-state index is 0.0905. The summed E-state index contributed by atoms with van der Waals surface area (Å²) in [6.45, 7) is 0.500. The molecule has 0 radical (unpaired) electrons. The summed E-state index contributed by atoms with van der Waals surface area (Å²) in [5.74, 6) is 0.606. The average Bonchev–Trinajstić information content (AvgIpc) is 3.23. The molecule has 28 heavy (non-hydrogen) atoms. The van der Waals surface area contributed by atoms with Crippen LogP contribution in [0.5, 0.6) is 5.75 Å². The molecule has 1 amide bonds. The Hall–Kier alpha value is -3.67. The maximum absolute atomic E-state index is 12.9. The maximum atomic E-state index is 12.9. The fraction of sp³-hybridized carbons (Fsp3) is 0.136. The zero-order chi connectivity index (χ0) is 19.5. The SMILES string of the molecule is COc1ccccc1-n1cc(C(=O)N(C)Cc2cccc3cnccc23)cn1. The molecule has 0 saturated heterocycles. The van der Waals surface area contributed by atoms with Gasteiger partial charge in [-0.05, 0) is 29.1 Å². The van der Waals surface area contributed by atoms with Gasteiger partial charge < -0.3 is 9.64 Å². The third-order valence-corrected chi connectivity index (χ3v) is 4.69. The molecule has 2 aromatic heterocycles. The third kappa shape index (κ3) is 3.32. The van der Waals surface area contributed by atoms with E-state index in [1.54, 1.807) is 42.3 Å². The van der Waals surface area contributed by atoms with Gasteiger partial charge in [0.1, 0.15) is 11.4 Å². The summed E-state index contributed by atoms with van der Waals surface area (Å²) >= 11 is 0. The molecule has 0 unspecified atom stereocenters. The predicted molar refractivity (Wildman–Crippen MR) is 108 cm³/mol. The monoisotopic (exact) mass is 372 g/mol. The summed E-state index contributed by atoms with van der Waals surface area (Å²) in [7, 11) is 3.41. The second kappa shape index (κ2) is 7.52. The molecule has 0 aliphatic rings. The van der Waals surface area contributed by atoms with Crippen LogP contribution in [0.3, 0.4) is 0 Å². The zero-order valence-electron chi connectivity index (χ0n) is 15.7. The minimum Gasteiger partial charge on any atom is -0.494 e. The first-order chi connectivity index (χ1) is 13.7. The standard InChI is InChI=1S/C22H20N4O2/c1-25(14-17-7-5-6-16-12-23-11-10-19(16)17)22(27)18-13-24-26(15-18)20-8-3-4-9-21(20)28-2/h3-13,15H,14H2,1-2H3. The number of hydrogen-bond acceptors (Lipinski definition) is 4. The molecule has 0 N–H and O–H groups in total. The molecule has 0 bridgehead atoms. The van der Waals surface area contributed by atoms with E-state index in [1.807, 2.05) is 54.7 Å². The molecule has 0 atom stereocenters. The van der Waals surface area contributed by atoms with Crippen molar-refractivity contribution < 1.29 is 9.53 Å². The molecular weight excluding hydrogens is 352 g/mol. The lowest BCUT2D eigenvalue weighted by Crippen LogP contribution is -2.26. The minimum atomic E-state index is -0.0905. The Morgan fingerprint density at radius 2 is 1.96 bits per heavy atom. The summed E-state index contributed by atoms with van der Waals surface area (Å²) in [6.07, 6.45) is 6.91. The van der Waals surface area contributed by atoms with Crippen molar-refractivity contribution >= 4 is 16.7 Å². The molecule has 0 aliphatic heterocycles. The summed E-state index contributed by atoms with van der Waals surface area (Å²) in [5, 5.41) is 6.50. The fourth-order valence-electron chi connectivity index (χ4n) is 3.26. The lowest BCUT2D eigenvalue weighted by atomic mass is 10.1. The van der Waals surface area contributed by atoms with Gasteiger partial charge in [-0.3, -0.25) is 9.78 Å². The normalized spacial score (nSPS) is 10.8. The van der Waals surface area contributed by atoms with Crippen molar-refractivity contribution in [1.29, 1.82) is 0 Å². The fourth-order valence-corrected chi connectivity index (χ4v) is 3.26. The number of fused-ring (bicyclic) bond motifs is 1. The van der Waals surface area contributed by atoms with Gasteiger partial charge in [0.05, 0.1) is 18.9 Å². The van der Waals surface area contributed by atoms with Gasteiger partial charge in [0.25, 0.3) is 5.91 Å². The van der Waals surface area contributed by atoms with Gasteiger partial charge in [0.15, 0.2) is 0 Å². The lowest BCUT2D eigenvalue weighted by Gasteiger charge is -2.17. The highest BCUT2D eigenvalue weighted by atomic mass is 16.5. The number of carbonyl (C=O) groups excluding carboxylic acids is 1. The van der Waals surface area contributed by atoms with Crippen LogP contribution in [0, 0.1) is 0 Å². The molecule has 0 aliphatic carbocycles. The number of rotatable bonds is 5. The quantitative estimate of drug-likeness (QED) is 0.536. The van der Waals surface area contributed by atoms with Crippen LogP contribution in [0.1, 0.15) is 15.9 Å². The number of amides is 1. The molecule has 0 spiro atoms. The van der Waals surface area contributed by atoms with E-state index in [9.17, 15) is 4.79 Å². The van der Waals surface area contributed by atoms with Crippen LogP contribution < -0.4 is 4.74 Å². The summed E-state index contributed by atoms with van der Waals surface area (Å²) in [5.41, 5.74) is 2.39. The largest absolute Gasteiger partial charge is 0.494 e. The van der Waals surface area contributed by atoms with Crippen LogP contribution in [0.15, 0.2) is 73.3 Å². The highest BCUT2D eigenvalue weighted by Crippen LogP contribution is 2.23. The summed E-state index contributed by atoms with van der Waals surface area (Å²) in [4.78, 5) is 18.8. The van der Waals surface area contributed by atoms with E-state index in [0.29, 0.717) is 17.9 Å². The number of carbonyl (C=O) groups is 1. The molecule has 6 nitrogen and oxygen atoms in total. The van der Waals surface area contributed by atoms with Crippen molar-refractivity contribution in [2.45, 2.75) is 6.54 Å². The van der Waals surface area contributed by atoms with Crippen LogP contribution in [0.2, 0.25) is 0 Å². The van der Waals surface area contributed by atoms with Crippen molar-refractivity contribution in [3.8, 4) is 11.4 Å². The Bertz CT molecular complexity index is 1130. The zero-order valence-corrected chi connectivity index (χ0v) is 15.7. The molecule has 0 saturated carbocycles. The van der Waals surface area contributed by atoms with Crippen molar-refractivity contribution in [2.75, 3.05) is 14.2 Å². The van der Waals surface area contributed by atoms with Gasteiger partial charge in [-0.15, -0.1) is 0 Å². The first-order valence-corrected chi connectivity index (χ1v) is 8.92. The van der Waals surface area contributed by atoms with Crippen LogP contribution in [0.4, 0.5) is 0 Å². The first-order valence-electron chi connectivity index (χ1n) is 8.92. The van der Waals surface area contributed by atoms with Gasteiger partial charge in [0.2, 0.25) is 0 Å². The molecular formula is C22H20N4O2. The first kappa shape index (κ1) is 17.7. The van der Waals surface area contributed by atoms with E-state index < -0.39 is 0 Å². The number of benzene rings is 2. The van der Waals surface area contributed by atoms with Crippen LogP contribution >= 0.6 is 0 Å². The highest BCUT2D eigenvalue weighted by Gasteiger charge is 2.16. The molecule has 2 heterocycles. The van der Waals surface area contributed by atoms with E-state index in [1.165, 1.54) is 0 Å². The van der Waals surface area contributed by atoms with Crippen LogP contribution in [-0.2, 0) is 6.54 Å². The molecule has 4 aromatic rings. The number of ether oxygens (including phenoxy) is 1. The number of aromatic nitrogens is 3. The Balaban J connectivity index is 1.57. The Labute approximate surface area is 163 Å². The molecule has 0 fully saturated rings. The number of hydrogen-bond donors (Lipinski definition) is 0. The van der Waals surface area contributed by atoms with Crippen molar-refractivity contribution in [1.82, 2.24) is 19.7 Å². The second-order valence-corrected chi connectivity index (χ2v) is 6.52. The van der Waals surface area contributed by atoms with Crippen LogP contribution in [-0.4, -0.2) is 39.7 Å². The van der Waals surface area contributed by atoms with Gasteiger partial charge in [0, 0.05) is 37.6 Å². The van der Waals surface area contributed by atoms with Gasteiger partial charge in [-0.25, -0.2) is 4.68 Å². The molecule has 4 rings (SSSR count). The van der Waals surface area contributed by atoms with Crippen molar-refractivity contribution in [2.24, 2.45) is 0 Å². The number of pyridine rings is 1. The predicted octanol–water partition coefficient (Wildman–Crippen LogP) is 3.70. The average molecular weight is 372 g/mol. The van der Waals surface area contributed by atoms with Gasteiger partial charge in [-0.2, -0.15) is 5.10 Å². The van der Waals surface area contributed by atoms with E-state index in [4.69, 9.17) is 4.74 Å². The smallest absolute Gasteiger partial charge is 0.257 e. The second-order valence-electron chi connectivity index (χ2n) is 6.52. The molecule has 2 aromatic carbocycles. The third-order valence-electron chi connectivity index (χ3n) is 4.69. The van der Waals surface area contributed by atoms with Crippen molar-refractivity contribution in [3.05, 3.63) is 84.4 Å². The van der Waals surface area contributed by atoms with E-state index in [-0.39, 0.29) is 5.91 Å².